The molecule has 0 fully saturated rings. The molecule has 198 valence electrons. The maximum atomic E-state index is 14.5. The van der Waals surface area contributed by atoms with Gasteiger partial charge < -0.3 is 14.2 Å². The summed E-state index contributed by atoms with van der Waals surface area (Å²) in [5.74, 6) is 2.13. The molecular weight excluding hydrogens is 499 g/mol. The molecule has 0 spiro atoms. The van der Waals surface area contributed by atoms with Crippen LogP contribution in [0.15, 0.2) is 97.1 Å². The van der Waals surface area contributed by atoms with E-state index in [-0.39, 0.29) is 5.82 Å². The van der Waals surface area contributed by atoms with E-state index < -0.39 is 11.0 Å². The fourth-order valence-electron chi connectivity index (χ4n) is 6.58. The topological polar surface area (TPSA) is 27.7 Å². The van der Waals surface area contributed by atoms with Crippen LogP contribution in [-0.4, -0.2) is 14.2 Å². The van der Waals surface area contributed by atoms with Crippen LogP contribution in [0.25, 0.3) is 28.0 Å². The van der Waals surface area contributed by atoms with Gasteiger partial charge in [0.1, 0.15) is 23.1 Å². The molecule has 0 aromatic heterocycles. The second-order valence-corrected chi connectivity index (χ2v) is 11.0. The van der Waals surface area contributed by atoms with Gasteiger partial charge in [0.05, 0.1) is 14.2 Å². The van der Waals surface area contributed by atoms with Gasteiger partial charge in [-0.05, 0) is 70.1 Å². The van der Waals surface area contributed by atoms with E-state index in [0.29, 0.717) is 0 Å². The predicted octanol–water partition coefficient (Wildman–Crippen LogP) is 8.65. The minimum Gasteiger partial charge on any atom is -0.497 e. The smallest absolute Gasteiger partial charge is 0.178 e. The fourth-order valence-corrected chi connectivity index (χ4v) is 6.58. The molecule has 7 rings (SSSR count). The van der Waals surface area contributed by atoms with Gasteiger partial charge >= 0.3 is 0 Å². The first-order chi connectivity index (χ1) is 19.4. The molecule has 0 bridgehead atoms. The number of methoxy groups -OCH3 is 2. The summed E-state index contributed by atoms with van der Waals surface area (Å²) in [7, 11) is 3.34. The van der Waals surface area contributed by atoms with Crippen LogP contribution in [0.5, 0.6) is 17.2 Å². The monoisotopic (exact) mass is 528 g/mol. The minimum absolute atomic E-state index is 0.221. The van der Waals surface area contributed by atoms with E-state index in [4.69, 9.17) is 14.2 Å². The molecule has 2 aliphatic rings. The van der Waals surface area contributed by atoms with E-state index in [2.05, 4.69) is 50.3 Å². The van der Waals surface area contributed by atoms with Gasteiger partial charge in [-0.3, -0.25) is 0 Å². The summed E-state index contributed by atoms with van der Waals surface area (Å²) in [6.45, 7) is 4.35. The molecular formula is C36H29FO3. The lowest BCUT2D eigenvalue weighted by molar-refractivity contribution is 0.163. The Labute approximate surface area is 233 Å². The van der Waals surface area contributed by atoms with Crippen molar-refractivity contribution in [1.29, 1.82) is 0 Å². The molecule has 0 saturated carbocycles. The average Bonchev–Trinajstić information content (AvgIpc) is 3.23. The lowest BCUT2D eigenvalue weighted by atomic mass is 9.77. The molecule has 3 nitrogen and oxygen atoms in total. The van der Waals surface area contributed by atoms with Crippen molar-refractivity contribution in [3.8, 4) is 28.4 Å². The zero-order valence-corrected chi connectivity index (χ0v) is 22.9. The summed E-state index contributed by atoms with van der Waals surface area (Å²) in [6, 6.07) is 29.6. The Kier molecular flexibility index (Phi) is 5.33. The quantitative estimate of drug-likeness (QED) is 0.234. The Morgan fingerprint density at radius 2 is 1.48 bits per heavy atom. The van der Waals surface area contributed by atoms with E-state index in [1.165, 1.54) is 0 Å². The lowest BCUT2D eigenvalue weighted by Crippen LogP contribution is -2.35. The Bertz CT molecular complexity index is 1830. The molecule has 5 aromatic carbocycles. The molecule has 1 aliphatic carbocycles. The summed E-state index contributed by atoms with van der Waals surface area (Å²) in [5.41, 5.74) is 6.01. The third-order valence-corrected chi connectivity index (χ3v) is 8.52. The number of ether oxygens (including phenoxy) is 3. The van der Waals surface area contributed by atoms with Gasteiger partial charge in [0.15, 0.2) is 5.60 Å². The van der Waals surface area contributed by atoms with Gasteiger partial charge in [-0.15, -0.1) is 0 Å². The third kappa shape index (κ3) is 3.35. The molecule has 5 aromatic rings. The Morgan fingerprint density at radius 3 is 2.23 bits per heavy atom. The van der Waals surface area contributed by atoms with Crippen molar-refractivity contribution in [3.63, 3.8) is 0 Å². The zero-order chi connectivity index (χ0) is 27.6. The van der Waals surface area contributed by atoms with Gasteiger partial charge in [-0.1, -0.05) is 74.5 Å². The van der Waals surface area contributed by atoms with Gasteiger partial charge in [0.25, 0.3) is 0 Å². The molecule has 40 heavy (non-hydrogen) atoms. The Balaban J connectivity index is 1.54. The molecule has 1 unspecified atom stereocenters. The largest absolute Gasteiger partial charge is 0.497 e. The van der Waals surface area contributed by atoms with Crippen molar-refractivity contribution >= 4 is 16.8 Å². The van der Waals surface area contributed by atoms with Crippen LogP contribution in [-0.2, 0) is 11.0 Å². The molecule has 0 saturated heterocycles. The van der Waals surface area contributed by atoms with Crippen molar-refractivity contribution in [2.75, 3.05) is 14.2 Å². The van der Waals surface area contributed by atoms with Gasteiger partial charge in [-0.2, -0.15) is 0 Å². The van der Waals surface area contributed by atoms with Crippen LogP contribution in [0.2, 0.25) is 0 Å². The summed E-state index contributed by atoms with van der Waals surface area (Å²) in [4.78, 5) is 0. The molecule has 0 N–H and O–H groups in total. The van der Waals surface area contributed by atoms with Crippen molar-refractivity contribution in [2.24, 2.45) is 0 Å². The first kappa shape index (κ1) is 24.5. The van der Waals surface area contributed by atoms with Gasteiger partial charge in [0, 0.05) is 27.5 Å². The molecule has 0 amide bonds. The first-order valence-corrected chi connectivity index (χ1v) is 13.4. The maximum Gasteiger partial charge on any atom is 0.178 e. The summed E-state index contributed by atoms with van der Waals surface area (Å²) in [5, 5.41) is 2.12. The molecule has 1 atom stereocenters. The highest BCUT2D eigenvalue weighted by Gasteiger charge is 2.44. The lowest BCUT2D eigenvalue weighted by Gasteiger charge is -2.38. The summed E-state index contributed by atoms with van der Waals surface area (Å²) >= 11 is 0. The summed E-state index contributed by atoms with van der Waals surface area (Å²) < 4.78 is 32.8. The molecule has 1 heterocycles. The number of rotatable bonds is 4. The molecule has 4 heteroatoms. The maximum absolute atomic E-state index is 14.5. The van der Waals surface area contributed by atoms with Crippen LogP contribution in [0.1, 0.15) is 41.7 Å². The zero-order valence-electron chi connectivity index (χ0n) is 22.9. The van der Waals surface area contributed by atoms with Crippen LogP contribution >= 0.6 is 0 Å². The number of halogens is 1. The fraction of sp³-hybridized carbons (Fsp3) is 0.167. The SMILES string of the molecule is COc1ccc(C2(c3cccc(OC)c3)C=Cc3c4c(c5ccccc5c3O2)-c2ccc(F)cc2C4(C)C)cc1. The highest BCUT2D eigenvalue weighted by molar-refractivity contribution is 6.08. The number of fused-ring (bicyclic) bond motifs is 8. The highest BCUT2D eigenvalue weighted by atomic mass is 19.1. The van der Waals surface area contributed by atoms with Crippen molar-refractivity contribution < 1.29 is 18.6 Å². The highest BCUT2D eigenvalue weighted by Crippen LogP contribution is 2.58. The minimum atomic E-state index is -0.910. The van der Waals surface area contributed by atoms with E-state index >= 15 is 0 Å². The second-order valence-electron chi connectivity index (χ2n) is 11.0. The molecule has 1 aliphatic heterocycles. The normalized spacial score (nSPS) is 18.0. The first-order valence-electron chi connectivity index (χ1n) is 13.4. The third-order valence-electron chi connectivity index (χ3n) is 8.52. The van der Waals surface area contributed by atoms with Crippen LogP contribution in [0.4, 0.5) is 4.39 Å². The van der Waals surface area contributed by atoms with Crippen molar-refractivity contribution in [1.82, 2.24) is 0 Å². The second kappa shape index (κ2) is 8.72. The Hall–Kier alpha value is -4.57. The van der Waals surface area contributed by atoms with Gasteiger partial charge in [0.2, 0.25) is 0 Å². The molecule has 0 radical (unpaired) electrons. The predicted molar refractivity (Wildman–Crippen MR) is 158 cm³/mol. The van der Waals surface area contributed by atoms with Gasteiger partial charge in [-0.25, -0.2) is 4.39 Å². The summed E-state index contributed by atoms with van der Waals surface area (Å²) in [6.07, 6.45) is 4.33. The number of hydrogen-bond acceptors (Lipinski definition) is 3. The van der Waals surface area contributed by atoms with E-state index in [1.807, 2.05) is 54.6 Å². The van der Waals surface area contributed by atoms with E-state index in [9.17, 15) is 4.39 Å². The van der Waals surface area contributed by atoms with Crippen molar-refractivity contribution in [2.45, 2.75) is 24.9 Å². The van der Waals surface area contributed by atoms with Crippen LogP contribution in [0, 0.1) is 5.82 Å². The van der Waals surface area contributed by atoms with Crippen molar-refractivity contribution in [3.05, 3.63) is 131 Å². The van der Waals surface area contributed by atoms with E-state index in [0.717, 1.165) is 67.0 Å². The van der Waals surface area contributed by atoms with Crippen LogP contribution in [0.3, 0.4) is 0 Å². The standard InChI is InChI=1S/C36H29FO3/c1-35(2)31-21-24(37)14-17-29(31)32-27-10-5-6-11-28(27)34-30(33(32)35)18-19-36(40-34,22-12-15-25(38-3)16-13-22)23-8-7-9-26(20-23)39-4/h5-21H,1-4H3. The van der Waals surface area contributed by atoms with E-state index in [1.54, 1.807) is 26.4 Å². The average molecular weight is 529 g/mol. The number of benzene rings is 5. The number of hydrogen-bond donors (Lipinski definition) is 0. The Morgan fingerprint density at radius 1 is 0.725 bits per heavy atom. The van der Waals surface area contributed by atoms with Crippen LogP contribution < -0.4 is 14.2 Å².